The van der Waals surface area contributed by atoms with Gasteiger partial charge in [0, 0.05) is 0 Å². The van der Waals surface area contributed by atoms with Crippen molar-refractivity contribution in [3.05, 3.63) is 29.8 Å². The number of nitrogens with two attached hydrogens (primary N) is 1. The summed E-state index contributed by atoms with van der Waals surface area (Å²) in [4.78, 5) is 0. The van der Waals surface area contributed by atoms with E-state index in [1.54, 1.807) is 0 Å². The molecule has 0 aliphatic rings. The van der Waals surface area contributed by atoms with Crippen LogP contribution in [0.15, 0.2) is 24.3 Å². The SMILES string of the molecule is Cc1cccc(OCCC(C)(C)CN)c1. The lowest BCUT2D eigenvalue weighted by Crippen LogP contribution is -2.25. The molecule has 0 heterocycles. The molecule has 2 nitrogen and oxygen atoms in total. The summed E-state index contributed by atoms with van der Waals surface area (Å²) in [6.07, 6.45) is 0.984. The van der Waals surface area contributed by atoms with E-state index in [4.69, 9.17) is 10.5 Å². The van der Waals surface area contributed by atoms with Crippen LogP contribution in [0.5, 0.6) is 5.75 Å². The fraction of sp³-hybridized carbons (Fsp3) is 0.538. The van der Waals surface area contributed by atoms with Crippen LogP contribution in [0.3, 0.4) is 0 Å². The van der Waals surface area contributed by atoms with E-state index in [1.807, 2.05) is 12.1 Å². The van der Waals surface area contributed by atoms with Crippen LogP contribution >= 0.6 is 0 Å². The molecule has 84 valence electrons. The Morgan fingerprint density at radius 1 is 1.33 bits per heavy atom. The van der Waals surface area contributed by atoms with Gasteiger partial charge in [-0.3, -0.25) is 0 Å². The summed E-state index contributed by atoms with van der Waals surface area (Å²) in [6.45, 7) is 7.81. The minimum Gasteiger partial charge on any atom is -0.494 e. The van der Waals surface area contributed by atoms with E-state index in [0.29, 0.717) is 6.54 Å². The van der Waals surface area contributed by atoms with Gasteiger partial charge in [-0.25, -0.2) is 0 Å². The van der Waals surface area contributed by atoms with Gasteiger partial charge in [-0.2, -0.15) is 0 Å². The third-order valence-electron chi connectivity index (χ3n) is 2.59. The smallest absolute Gasteiger partial charge is 0.119 e. The molecule has 0 bridgehead atoms. The fourth-order valence-electron chi connectivity index (χ4n) is 1.25. The van der Waals surface area contributed by atoms with Crippen molar-refractivity contribution < 1.29 is 4.74 Å². The van der Waals surface area contributed by atoms with Crippen LogP contribution in [-0.2, 0) is 0 Å². The molecule has 1 aromatic carbocycles. The second-order valence-electron chi connectivity index (χ2n) is 4.78. The molecule has 0 aromatic heterocycles. The van der Waals surface area contributed by atoms with Crippen LogP contribution in [0, 0.1) is 12.3 Å². The van der Waals surface area contributed by atoms with Gasteiger partial charge < -0.3 is 10.5 Å². The quantitative estimate of drug-likeness (QED) is 0.805. The van der Waals surface area contributed by atoms with E-state index in [9.17, 15) is 0 Å². The minimum absolute atomic E-state index is 0.170. The number of benzene rings is 1. The van der Waals surface area contributed by atoms with Gasteiger partial charge in [-0.05, 0) is 43.0 Å². The van der Waals surface area contributed by atoms with E-state index in [1.165, 1.54) is 5.56 Å². The first-order valence-electron chi connectivity index (χ1n) is 5.43. The first-order chi connectivity index (χ1) is 7.03. The molecule has 2 N–H and O–H groups in total. The molecule has 0 fully saturated rings. The van der Waals surface area contributed by atoms with Crippen molar-refractivity contribution >= 4 is 0 Å². The second-order valence-corrected chi connectivity index (χ2v) is 4.78. The Hall–Kier alpha value is -1.02. The van der Waals surface area contributed by atoms with Crippen molar-refractivity contribution in [3.63, 3.8) is 0 Å². The lowest BCUT2D eigenvalue weighted by atomic mass is 9.90. The monoisotopic (exact) mass is 207 g/mol. The molecular weight excluding hydrogens is 186 g/mol. The van der Waals surface area contributed by atoms with E-state index in [2.05, 4.69) is 32.9 Å². The highest BCUT2D eigenvalue weighted by Crippen LogP contribution is 2.19. The molecule has 0 aliphatic heterocycles. The van der Waals surface area contributed by atoms with Crippen molar-refractivity contribution in [3.8, 4) is 5.75 Å². The lowest BCUT2D eigenvalue weighted by Gasteiger charge is -2.22. The van der Waals surface area contributed by atoms with Crippen LogP contribution < -0.4 is 10.5 Å². The second kappa shape index (κ2) is 5.17. The Morgan fingerprint density at radius 2 is 2.07 bits per heavy atom. The van der Waals surface area contributed by atoms with Crippen molar-refractivity contribution in [1.82, 2.24) is 0 Å². The minimum atomic E-state index is 0.170. The summed E-state index contributed by atoms with van der Waals surface area (Å²) < 4.78 is 5.67. The summed E-state index contributed by atoms with van der Waals surface area (Å²) in [5, 5.41) is 0. The summed E-state index contributed by atoms with van der Waals surface area (Å²) in [5.74, 6) is 0.947. The van der Waals surface area contributed by atoms with Crippen molar-refractivity contribution in [2.75, 3.05) is 13.2 Å². The van der Waals surface area contributed by atoms with Crippen molar-refractivity contribution in [2.45, 2.75) is 27.2 Å². The van der Waals surface area contributed by atoms with Crippen LogP contribution in [-0.4, -0.2) is 13.2 Å². The van der Waals surface area contributed by atoms with Crippen LogP contribution in [0.4, 0.5) is 0 Å². The van der Waals surface area contributed by atoms with Crippen molar-refractivity contribution in [2.24, 2.45) is 11.1 Å². The predicted octanol–water partition coefficient (Wildman–Crippen LogP) is 2.75. The molecule has 0 unspecified atom stereocenters. The molecule has 0 atom stereocenters. The standard InChI is InChI=1S/C13H21NO/c1-11-5-4-6-12(9-11)15-8-7-13(2,3)10-14/h4-6,9H,7-8,10,14H2,1-3H3. The van der Waals surface area contributed by atoms with Gasteiger partial charge in [-0.1, -0.05) is 26.0 Å². The molecule has 15 heavy (non-hydrogen) atoms. The van der Waals surface area contributed by atoms with Crippen LogP contribution in [0.25, 0.3) is 0 Å². The van der Waals surface area contributed by atoms with Gasteiger partial charge in [-0.15, -0.1) is 0 Å². The molecule has 0 aliphatic carbocycles. The summed E-state index contributed by atoms with van der Waals surface area (Å²) in [7, 11) is 0. The first kappa shape index (κ1) is 12.1. The third-order valence-corrected chi connectivity index (χ3v) is 2.59. The largest absolute Gasteiger partial charge is 0.494 e. The average Bonchev–Trinajstić information content (AvgIpc) is 2.18. The first-order valence-corrected chi connectivity index (χ1v) is 5.43. The fourth-order valence-corrected chi connectivity index (χ4v) is 1.25. The molecule has 1 aromatic rings. The Morgan fingerprint density at radius 3 is 2.67 bits per heavy atom. The summed E-state index contributed by atoms with van der Waals surface area (Å²) in [5.41, 5.74) is 7.05. The average molecular weight is 207 g/mol. The maximum absolute atomic E-state index is 5.67. The zero-order chi connectivity index (χ0) is 11.3. The Balaban J connectivity index is 2.38. The predicted molar refractivity (Wildman–Crippen MR) is 64.1 cm³/mol. The molecule has 0 amide bonds. The third kappa shape index (κ3) is 4.34. The Kier molecular flexibility index (Phi) is 4.15. The Labute approximate surface area is 92.4 Å². The highest BCUT2D eigenvalue weighted by molar-refractivity contribution is 5.27. The number of rotatable bonds is 5. The van der Waals surface area contributed by atoms with Gasteiger partial charge >= 0.3 is 0 Å². The van der Waals surface area contributed by atoms with Gasteiger partial charge in [0.2, 0.25) is 0 Å². The number of aryl methyl sites for hydroxylation is 1. The molecule has 0 saturated heterocycles. The highest BCUT2D eigenvalue weighted by Gasteiger charge is 2.14. The molecule has 0 spiro atoms. The number of hydrogen-bond acceptors (Lipinski definition) is 2. The van der Waals surface area contributed by atoms with Gasteiger partial charge in [0.25, 0.3) is 0 Å². The topological polar surface area (TPSA) is 35.2 Å². The maximum atomic E-state index is 5.67. The molecule has 2 heteroatoms. The highest BCUT2D eigenvalue weighted by atomic mass is 16.5. The lowest BCUT2D eigenvalue weighted by molar-refractivity contribution is 0.233. The summed E-state index contributed by atoms with van der Waals surface area (Å²) >= 11 is 0. The molecule has 0 radical (unpaired) electrons. The number of hydrogen-bond donors (Lipinski definition) is 1. The maximum Gasteiger partial charge on any atom is 0.119 e. The van der Waals surface area contributed by atoms with Crippen molar-refractivity contribution in [1.29, 1.82) is 0 Å². The summed E-state index contributed by atoms with van der Waals surface area (Å²) in [6, 6.07) is 8.12. The van der Waals surface area contributed by atoms with E-state index in [0.717, 1.165) is 18.8 Å². The molecule has 1 rings (SSSR count). The van der Waals surface area contributed by atoms with Gasteiger partial charge in [0.1, 0.15) is 5.75 Å². The van der Waals surface area contributed by atoms with Gasteiger partial charge in [0.05, 0.1) is 6.61 Å². The zero-order valence-corrected chi connectivity index (χ0v) is 9.92. The normalized spacial score (nSPS) is 11.5. The van der Waals surface area contributed by atoms with E-state index < -0.39 is 0 Å². The van der Waals surface area contributed by atoms with E-state index in [-0.39, 0.29) is 5.41 Å². The van der Waals surface area contributed by atoms with Gasteiger partial charge in [0.15, 0.2) is 0 Å². The van der Waals surface area contributed by atoms with Crippen LogP contribution in [0.2, 0.25) is 0 Å². The Bertz CT molecular complexity index is 307. The zero-order valence-electron chi connectivity index (χ0n) is 9.92. The molecular formula is C13H21NO. The van der Waals surface area contributed by atoms with E-state index >= 15 is 0 Å². The number of ether oxygens (including phenoxy) is 1. The van der Waals surface area contributed by atoms with Crippen LogP contribution in [0.1, 0.15) is 25.8 Å². The molecule has 0 saturated carbocycles.